The van der Waals surface area contributed by atoms with Gasteiger partial charge in [0.25, 0.3) is 0 Å². The van der Waals surface area contributed by atoms with Crippen LogP contribution in [0.25, 0.3) is 0 Å². The van der Waals surface area contributed by atoms with Crippen molar-refractivity contribution in [2.24, 2.45) is 0 Å². The van der Waals surface area contributed by atoms with E-state index in [0.29, 0.717) is 6.04 Å². The number of benzene rings is 4. The Hall–Kier alpha value is -1.80. The maximum absolute atomic E-state index is 12.3. The van der Waals surface area contributed by atoms with Crippen LogP contribution in [0, 0.1) is 12.0 Å². The highest BCUT2D eigenvalue weighted by Gasteiger charge is 2.69. The van der Waals surface area contributed by atoms with Crippen molar-refractivity contribution in [2.45, 2.75) is 76.8 Å². The van der Waals surface area contributed by atoms with Crippen LogP contribution in [0.1, 0.15) is 38.5 Å². The zero-order valence-electron chi connectivity index (χ0n) is 40.1. The SMILES string of the molecule is C#[Si]O[Si](OC)(O[Si](C)(C)CCCCCP(c1ccccc1)c1ccccc1)O[Si@](O)(OC)O[Si](O[Si]#C)(O[Si](C)(C)CCCCCP(c1ccccc1)c1ccccc1)O[Si](O)(OC)OC. The van der Waals surface area contributed by atoms with Crippen LogP contribution in [0.4, 0.5) is 0 Å². The summed E-state index contributed by atoms with van der Waals surface area (Å²) < 4.78 is 66.2. The van der Waals surface area contributed by atoms with Gasteiger partial charge in [-0.05, 0) is 101 Å². The van der Waals surface area contributed by atoms with Crippen molar-refractivity contribution >= 4 is 108 Å². The van der Waals surface area contributed by atoms with Crippen molar-refractivity contribution in [3.8, 4) is 12.0 Å². The van der Waals surface area contributed by atoms with Gasteiger partial charge in [0.15, 0.2) is 16.6 Å². The second-order valence-corrected chi connectivity index (χ2v) is 41.2. The molecule has 0 saturated carbocycles. The first-order valence-electron chi connectivity index (χ1n) is 22.2. The molecule has 23 heteroatoms. The summed E-state index contributed by atoms with van der Waals surface area (Å²) in [6.07, 6.45) is 7.73. The van der Waals surface area contributed by atoms with Gasteiger partial charge in [0.05, 0.1) is 0 Å². The third kappa shape index (κ3) is 19.0. The monoisotopic (exact) mass is 1090 g/mol. The quantitative estimate of drug-likeness (QED) is 0.0300. The first-order valence-corrected chi connectivity index (χ1v) is 40.1. The van der Waals surface area contributed by atoms with Crippen LogP contribution in [0.2, 0.25) is 38.3 Å². The molecule has 0 aliphatic carbocycles. The van der Waals surface area contributed by atoms with Crippen LogP contribution >= 0.6 is 15.8 Å². The molecule has 0 radical (unpaired) electrons. The minimum Gasteiger partial charge on any atom is -0.496 e. The third-order valence-corrected chi connectivity index (χ3v) is 36.4. The number of rotatable bonds is 32. The first kappa shape index (κ1) is 57.8. The predicted molar refractivity (Wildman–Crippen MR) is 285 cm³/mol. The van der Waals surface area contributed by atoms with E-state index in [0.717, 1.165) is 56.9 Å². The van der Waals surface area contributed by atoms with Crippen LogP contribution in [0.15, 0.2) is 121 Å². The Balaban J connectivity index is 1.47. The summed E-state index contributed by atoms with van der Waals surface area (Å²) in [5.41, 5.74) is 0. The Morgan fingerprint density at radius 1 is 0.418 bits per heavy atom. The molecule has 4 aromatic rings. The summed E-state index contributed by atoms with van der Waals surface area (Å²) >= 11 is 0. The second-order valence-electron chi connectivity index (χ2n) is 16.6. The molecule has 0 aromatic heterocycles. The molecule has 4 aromatic carbocycles. The van der Waals surface area contributed by atoms with E-state index in [4.69, 9.17) is 58.5 Å². The molecule has 67 heavy (non-hydrogen) atoms. The van der Waals surface area contributed by atoms with Gasteiger partial charge in [0.2, 0.25) is 18.4 Å². The van der Waals surface area contributed by atoms with Gasteiger partial charge in [-0.1, -0.05) is 147 Å². The van der Waals surface area contributed by atoms with E-state index < -0.39 is 87.1 Å². The molecule has 2 unspecified atom stereocenters. The Labute approximate surface area is 412 Å². The first-order chi connectivity index (χ1) is 32.0. The molecular weight excluding hydrogens is 1020 g/mol. The van der Waals surface area contributed by atoms with E-state index >= 15 is 0 Å². The highest BCUT2D eigenvalue weighted by atomic mass is 31.1. The van der Waals surface area contributed by atoms with Crippen LogP contribution in [-0.2, 0) is 46.5 Å². The lowest BCUT2D eigenvalue weighted by atomic mass is 10.3. The van der Waals surface area contributed by atoms with Gasteiger partial charge in [-0.2, -0.15) is 0 Å². The molecule has 0 fully saturated rings. The molecule has 2 N–H and O–H groups in total. The molecule has 0 saturated heterocycles. The Kier molecular flexibility index (Phi) is 24.4. The molecule has 0 bridgehead atoms. The molecule has 0 heterocycles. The molecular formula is C44H68O13P2Si8. The van der Waals surface area contributed by atoms with Crippen molar-refractivity contribution < 1.29 is 56.1 Å². The number of hydrogen-bond donors (Lipinski definition) is 2. The Morgan fingerprint density at radius 2 is 0.731 bits per heavy atom. The van der Waals surface area contributed by atoms with E-state index in [1.54, 1.807) is 0 Å². The summed E-state index contributed by atoms with van der Waals surface area (Å²) in [5, 5.41) is 5.40. The molecule has 0 aliphatic heterocycles. The highest BCUT2D eigenvalue weighted by Crippen LogP contribution is 2.37. The zero-order chi connectivity index (χ0) is 48.9. The minimum absolute atomic E-state index is 0.498. The third-order valence-electron chi connectivity index (χ3n) is 10.5. The average molecular weight is 1090 g/mol. The number of hydrogen-bond acceptors (Lipinski definition) is 13. The Bertz CT molecular complexity index is 2030. The van der Waals surface area contributed by atoms with Crippen molar-refractivity contribution in [1.82, 2.24) is 0 Å². The van der Waals surface area contributed by atoms with Crippen LogP contribution in [-0.4, -0.2) is 122 Å². The van der Waals surface area contributed by atoms with Gasteiger partial charge >= 0.3 is 36.2 Å². The topological polar surface area (TPSA) is 142 Å². The summed E-state index contributed by atoms with van der Waals surface area (Å²) in [4.78, 5) is 23.6. The Morgan fingerprint density at radius 3 is 1.06 bits per heavy atom. The van der Waals surface area contributed by atoms with Gasteiger partial charge in [-0.3, -0.25) is 0 Å². The fraction of sp³-hybridized carbons (Fsp3) is 0.409. The molecule has 13 nitrogen and oxygen atoms in total. The minimum atomic E-state index is -5.04. The molecule has 364 valence electrons. The lowest BCUT2D eigenvalue weighted by Gasteiger charge is -2.40. The van der Waals surface area contributed by atoms with Gasteiger partial charge in [0, 0.05) is 28.4 Å². The van der Waals surface area contributed by atoms with E-state index in [-0.39, 0.29) is 0 Å². The predicted octanol–water partition coefficient (Wildman–Crippen LogP) is 6.85. The molecule has 0 amide bonds. The van der Waals surface area contributed by atoms with E-state index in [2.05, 4.69) is 109 Å². The fourth-order valence-corrected chi connectivity index (χ4v) is 33.4. The van der Waals surface area contributed by atoms with Crippen LogP contribution < -0.4 is 21.2 Å². The van der Waals surface area contributed by atoms with Crippen molar-refractivity contribution in [1.29, 1.82) is 0 Å². The number of unbranched alkanes of at least 4 members (excludes halogenated alkanes) is 4. The van der Waals surface area contributed by atoms with Gasteiger partial charge in [-0.25, -0.2) is 0 Å². The zero-order valence-corrected chi connectivity index (χ0v) is 49.8. The van der Waals surface area contributed by atoms with Gasteiger partial charge in [-0.15, -0.1) is 12.0 Å². The molecule has 3 atom stereocenters. The summed E-state index contributed by atoms with van der Waals surface area (Å²) in [5.74, 6) is 0. The van der Waals surface area contributed by atoms with E-state index in [9.17, 15) is 9.59 Å². The molecule has 0 aliphatic rings. The molecule has 4 rings (SSSR count). The fourth-order valence-electron chi connectivity index (χ4n) is 7.22. The van der Waals surface area contributed by atoms with E-state index in [1.807, 2.05) is 38.3 Å². The van der Waals surface area contributed by atoms with Gasteiger partial charge < -0.3 is 56.1 Å². The largest absolute Gasteiger partial charge is 0.727 e. The molecule has 0 spiro atoms. The highest BCUT2D eigenvalue weighted by molar-refractivity contribution is 7.73. The smallest absolute Gasteiger partial charge is 0.496 e. The average Bonchev–Trinajstić information content (AvgIpc) is 3.32. The lowest BCUT2D eigenvalue weighted by Crippen LogP contribution is -2.71. The standard InChI is InChI=1S/C44H68O13P2Si8/c1-47-64(45,48-2)55-67(52-61-6,54-63(9,10)40-28-16-26-38-59(43-33-21-13-22-34-43)44-35-23-14-24-36-44)57-65(46,49-3)56-66(50-4,51-60-5)53-62(7,8)39-27-15-25-37-58(41-29-17-11-18-30-41)42-31-19-12-20-32-42/h5-6,11-14,17-24,29-36,45-46H,15-16,25-28,37-40H2,1-4,7-10H3/t65-,66?,67?/m0/s1. The second kappa shape index (κ2) is 28.3. The van der Waals surface area contributed by atoms with Crippen molar-refractivity contribution in [2.75, 3.05) is 40.8 Å². The van der Waals surface area contributed by atoms with Crippen molar-refractivity contribution in [3.05, 3.63) is 121 Å². The maximum atomic E-state index is 12.3. The van der Waals surface area contributed by atoms with Crippen LogP contribution in [0.3, 0.4) is 0 Å². The van der Waals surface area contributed by atoms with Crippen molar-refractivity contribution in [3.63, 3.8) is 0 Å². The normalized spacial score (nSPS) is 15.0. The van der Waals surface area contributed by atoms with Crippen LogP contribution in [0.5, 0.6) is 0 Å². The lowest BCUT2D eigenvalue weighted by molar-refractivity contribution is -0.0175. The van der Waals surface area contributed by atoms with E-state index in [1.165, 1.54) is 49.7 Å². The maximum Gasteiger partial charge on any atom is 0.727 e. The summed E-state index contributed by atoms with van der Waals surface area (Å²) in [6.45, 7) is 7.99. The summed E-state index contributed by atoms with van der Waals surface area (Å²) in [6, 6.07) is 56.1. The van der Waals surface area contributed by atoms with Gasteiger partial charge in [0.1, 0.15) is 0 Å². The summed E-state index contributed by atoms with van der Waals surface area (Å²) in [7, 11) is -21.7.